The molecular formula is C12H13NO4S. The van der Waals surface area contributed by atoms with Crippen LogP contribution in [-0.4, -0.2) is 32.9 Å². The molecule has 0 radical (unpaired) electrons. The van der Waals surface area contributed by atoms with Crippen LogP contribution in [0.2, 0.25) is 0 Å². The van der Waals surface area contributed by atoms with Crippen molar-refractivity contribution in [2.75, 3.05) is 17.7 Å². The van der Waals surface area contributed by atoms with Crippen molar-refractivity contribution in [3.63, 3.8) is 0 Å². The van der Waals surface area contributed by atoms with Gasteiger partial charge in [-0.2, -0.15) is 0 Å². The molecule has 1 heterocycles. The highest BCUT2D eigenvalue weighted by atomic mass is 32.2. The smallest absolute Gasteiger partial charge is 0.242 e. The van der Waals surface area contributed by atoms with Crippen molar-refractivity contribution in [3.05, 3.63) is 23.8 Å². The summed E-state index contributed by atoms with van der Waals surface area (Å²) in [6.45, 7) is 1.73. The third-order valence-corrected chi connectivity index (χ3v) is 4.63. The molecule has 0 bridgehead atoms. The molecule has 0 aliphatic carbocycles. The van der Waals surface area contributed by atoms with Crippen molar-refractivity contribution in [1.29, 1.82) is 0 Å². The Morgan fingerprint density at radius 2 is 2.06 bits per heavy atom. The fourth-order valence-corrected chi connectivity index (χ4v) is 3.36. The van der Waals surface area contributed by atoms with Gasteiger partial charge in [-0.25, -0.2) is 8.42 Å². The predicted octanol–water partition coefficient (Wildman–Crippen LogP) is 1.03. The molecule has 1 aromatic rings. The molecule has 0 unspecified atom stereocenters. The molecule has 0 atom stereocenters. The van der Waals surface area contributed by atoms with Crippen LogP contribution in [0.1, 0.15) is 23.7 Å². The quantitative estimate of drug-likeness (QED) is 0.750. The monoisotopic (exact) mass is 267 g/mol. The summed E-state index contributed by atoms with van der Waals surface area (Å²) >= 11 is 0. The number of hydrogen-bond donors (Lipinski definition) is 0. The Bertz CT molecular complexity index is 633. The fraction of sp³-hybridized carbons (Fsp3) is 0.333. The summed E-state index contributed by atoms with van der Waals surface area (Å²) in [5, 5.41) is 0. The number of carbonyl (C=O) groups is 2. The summed E-state index contributed by atoms with van der Waals surface area (Å²) in [6, 6.07) is 4.36. The van der Waals surface area contributed by atoms with E-state index >= 15 is 0 Å². The summed E-state index contributed by atoms with van der Waals surface area (Å²) in [7, 11) is -2.07. The van der Waals surface area contributed by atoms with E-state index in [0.29, 0.717) is 12.0 Å². The van der Waals surface area contributed by atoms with Crippen molar-refractivity contribution < 1.29 is 18.0 Å². The number of benzene rings is 1. The van der Waals surface area contributed by atoms with Gasteiger partial charge in [0.1, 0.15) is 5.75 Å². The maximum Gasteiger partial charge on any atom is 0.242 e. The number of fused-ring (bicyclic) bond motifs is 1. The largest absolute Gasteiger partial charge is 0.313 e. The van der Waals surface area contributed by atoms with Gasteiger partial charge >= 0.3 is 0 Å². The van der Waals surface area contributed by atoms with Crippen LogP contribution in [0.5, 0.6) is 0 Å². The number of Topliss-reactive ketones (excluding diaryl/α,β-unsaturated/α-hetero) is 1. The molecule has 2 rings (SSSR count). The first-order chi connectivity index (χ1) is 8.36. The number of rotatable bonds is 2. The van der Waals surface area contributed by atoms with E-state index in [-0.39, 0.29) is 16.4 Å². The predicted molar refractivity (Wildman–Crippen MR) is 66.5 cm³/mol. The van der Waals surface area contributed by atoms with Gasteiger partial charge < -0.3 is 4.90 Å². The fourth-order valence-electron chi connectivity index (χ4n) is 1.89. The summed E-state index contributed by atoms with van der Waals surface area (Å²) in [5.41, 5.74) is 0.707. The lowest BCUT2D eigenvalue weighted by Gasteiger charge is -2.25. The second-order valence-corrected chi connectivity index (χ2v) is 6.13. The number of ketones is 1. The van der Waals surface area contributed by atoms with Crippen LogP contribution in [0, 0.1) is 0 Å². The van der Waals surface area contributed by atoms with Crippen LogP contribution in [0.4, 0.5) is 5.69 Å². The number of hydrogen-bond acceptors (Lipinski definition) is 4. The first kappa shape index (κ1) is 12.8. The highest BCUT2D eigenvalue weighted by molar-refractivity contribution is 7.92. The van der Waals surface area contributed by atoms with E-state index in [0.717, 1.165) is 0 Å². The SMILES string of the molecule is CCC(=O)c1ccc2c(c1)N(C)C(=O)CS2(=O)=O. The molecule has 1 amide bonds. The summed E-state index contributed by atoms with van der Waals surface area (Å²) in [6.07, 6.45) is 0.337. The maximum absolute atomic E-state index is 11.8. The molecule has 0 saturated heterocycles. The Hall–Kier alpha value is -1.69. The number of amides is 1. The maximum atomic E-state index is 11.8. The van der Waals surface area contributed by atoms with Crippen molar-refractivity contribution in [2.45, 2.75) is 18.2 Å². The molecule has 1 aliphatic rings. The van der Waals surface area contributed by atoms with E-state index in [1.54, 1.807) is 6.92 Å². The Kier molecular flexibility index (Phi) is 2.98. The average Bonchev–Trinajstić information content (AvgIpc) is 2.34. The van der Waals surface area contributed by atoms with Gasteiger partial charge in [-0.15, -0.1) is 0 Å². The Morgan fingerprint density at radius 3 is 2.67 bits per heavy atom. The number of carbonyl (C=O) groups excluding carboxylic acids is 2. The van der Waals surface area contributed by atoms with E-state index < -0.39 is 21.5 Å². The summed E-state index contributed by atoms with van der Waals surface area (Å²) in [4.78, 5) is 24.6. The minimum Gasteiger partial charge on any atom is -0.313 e. The minimum atomic E-state index is -3.58. The first-order valence-electron chi connectivity index (χ1n) is 5.53. The summed E-state index contributed by atoms with van der Waals surface area (Å²) < 4.78 is 23.7. The molecule has 18 heavy (non-hydrogen) atoms. The normalized spacial score (nSPS) is 17.4. The highest BCUT2D eigenvalue weighted by Crippen LogP contribution is 2.31. The van der Waals surface area contributed by atoms with Crippen LogP contribution < -0.4 is 4.90 Å². The topological polar surface area (TPSA) is 71.5 Å². The highest BCUT2D eigenvalue weighted by Gasteiger charge is 2.32. The molecule has 0 aromatic heterocycles. The third-order valence-electron chi connectivity index (χ3n) is 2.99. The zero-order valence-electron chi connectivity index (χ0n) is 10.1. The molecule has 0 saturated carbocycles. The molecule has 1 aliphatic heterocycles. The van der Waals surface area contributed by atoms with Crippen molar-refractivity contribution >= 4 is 27.2 Å². The Balaban J connectivity index is 2.65. The van der Waals surface area contributed by atoms with Gasteiger partial charge in [0.2, 0.25) is 5.91 Å². The third kappa shape index (κ3) is 1.92. The second kappa shape index (κ2) is 4.20. The molecule has 5 nitrogen and oxygen atoms in total. The van der Waals surface area contributed by atoms with Gasteiger partial charge in [0.05, 0.1) is 10.6 Å². The molecule has 0 spiro atoms. The van der Waals surface area contributed by atoms with E-state index in [1.165, 1.54) is 30.1 Å². The van der Waals surface area contributed by atoms with Crippen LogP contribution in [0.15, 0.2) is 23.1 Å². The van der Waals surface area contributed by atoms with Gasteiger partial charge in [0.15, 0.2) is 15.6 Å². The first-order valence-corrected chi connectivity index (χ1v) is 7.18. The molecule has 6 heteroatoms. The molecule has 0 fully saturated rings. The van der Waals surface area contributed by atoms with E-state index in [9.17, 15) is 18.0 Å². The molecule has 1 aromatic carbocycles. The van der Waals surface area contributed by atoms with E-state index in [4.69, 9.17) is 0 Å². The van der Waals surface area contributed by atoms with E-state index in [2.05, 4.69) is 0 Å². The van der Waals surface area contributed by atoms with Crippen LogP contribution in [0.25, 0.3) is 0 Å². The van der Waals surface area contributed by atoms with Gasteiger partial charge in [-0.3, -0.25) is 9.59 Å². The minimum absolute atomic E-state index is 0.0818. The zero-order chi connectivity index (χ0) is 13.5. The van der Waals surface area contributed by atoms with Gasteiger partial charge in [-0.05, 0) is 18.2 Å². The average molecular weight is 267 g/mol. The Labute approximate surface area is 105 Å². The second-order valence-electron chi connectivity index (χ2n) is 4.17. The van der Waals surface area contributed by atoms with Crippen molar-refractivity contribution in [2.24, 2.45) is 0 Å². The van der Waals surface area contributed by atoms with Crippen molar-refractivity contribution in [3.8, 4) is 0 Å². The lowest BCUT2D eigenvalue weighted by Crippen LogP contribution is -2.38. The number of nitrogens with zero attached hydrogens (tertiary/aromatic N) is 1. The van der Waals surface area contributed by atoms with Crippen molar-refractivity contribution in [1.82, 2.24) is 0 Å². The summed E-state index contributed by atoms with van der Waals surface area (Å²) in [5.74, 6) is -1.08. The Morgan fingerprint density at radius 1 is 1.39 bits per heavy atom. The molecule has 96 valence electrons. The van der Waals surface area contributed by atoms with Crippen LogP contribution >= 0.6 is 0 Å². The standard InChI is InChI=1S/C12H13NO4S/c1-3-10(14)8-4-5-11-9(6-8)13(2)12(15)7-18(11,16)17/h4-6H,3,7H2,1-2H3. The van der Waals surface area contributed by atoms with Crippen LogP contribution in [-0.2, 0) is 14.6 Å². The zero-order valence-corrected chi connectivity index (χ0v) is 11.0. The molecule has 0 N–H and O–H groups in total. The van der Waals surface area contributed by atoms with Gasteiger partial charge in [0, 0.05) is 19.0 Å². The molecular weight excluding hydrogens is 254 g/mol. The van der Waals surface area contributed by atoms with Gasteiger partial charge in [0.25, 0.3) is 0 Å². The van der Waals surface area contributed by atoms with Crippen LogP contribution in [0.3, 0.4) is 0 Å². The van der Waals surface area contributed by atoms with E-state index in [1.807, 2.05) is 0 Å². The number of sulfone groups is 1. The number of anilines is 1. The lowest BCUT2D eigenvalue weighted by atomic mass is 10.1. The lowest BCUT2D eigenvalue weighted by molar-refractivity contribution is -0.116. The van der Waals surface area contributed by atoms with Gasteiger partial charge in [-0.1, -0.05) is 6.92 Å².